The van der Waals surface area contributed by atoms with Gasteiger partial charge in [0.05, 0.1) is 12.1 Å². The molecule has 2 aromatic heterocycles. The maximum atomic E-state index is 14.1. The zero-order valence-corrected chi connectivity index (χ0v) is 16.2. The number of ketones is 1. The van der Waals surface area contributed by atoms with E-state index in [0.29, 0.717) is 5.56 Å². The second-order valence-electron chi connectivity index (χ2n) is 6.68. The molecule has 0 saturated carbocycles. The summed E-state index contributed by atoms with van der Waals surface area (Å²) in [6, 6.07) is 10.7. The highest BCUT2D eigenvalue weighted by Gasteiger charge is 2.11. The first-order valence-electron chi connectivity index (χ1n) is 9.11. The Bertz CT molecular complexity index is 1040. The Hall–Kier alpha value is -3.61. The van der Waals surface area contributed by atoms with Crippen LogP contribution in [-0.2, 0) is 11.3 Å². The van der Waals surface area contributed by atoms with Crippen LogP contribution in [0.2, 0.25) is 0 Å². The molecule has 2 N–H and O–H groups in total. The number of aryl methyl sites for hydroxylation is 1. The van der Waals surface area contributed by atoms with Gasteiger partial charge in [-0.05, 0) is 55.3 Å². The van der Waals surface area contributed by atoms with Gasteiger partial charge in [-0.2, -0.15) is 4.39 Å². The Morgan fingerprint density at radius 3 is 2.62 bits per heavy atom. The molecule has 148 valence electrons. The lowest BCUT2D eigenvalue weighted by Crippen LogP contribution is -2.23. The van der Waals surface area contributed by atoms with Crippen molar-refractivity contribution in [3.8, 4) is 11.1 Å². The molecule has 0 aliphatic carbocycles. The Kier molecular flexibility index (Phi) is 6.29. The van der Waals surface area contributed by atoms with Crippen LogP contribution in [0, 0.1) is 12.9 Å². The van der Waals surface area contributed by atoms with E-state index >= 15 is 0 Å². The van der Waals surface area contributed by atoms with Crippen LogP contribution in [0.3, 0.4) is 0 Å². The van der Waals surface area contributed by atoms with Crippen LogP contribution in [-0.4, -0.2) is 28.2 Å². The maximum Gasteiger partial charge on any atom is 0.253 e. The van der Waals surface area contributed by atoms with Gasteiger partial charge in [-0.1, -0.05) is 6.07 Å². The highest BCUT2D eigenvalue weighted by atomic mass is 19.1. The fourth-order valence-corrected chi connectivity index (χ4v) is 2.81. The van der Waals surface area contributed by atoms with E-state index < -0.39 is 5.95 Å². The Labute approximate surface area is 168 Å². The van der Waals surface area contributed by atoms with Crippen LogP contribution < -0.4 is 10.6 Å². The zero-order valence-electron chi connectivity index (χ0n) is 16.2. The van der Waals surface area contributed by atoms with Gasteiger partial charge in [0.25, 0.3) is 5.91 Å². The molecule has 0 unspecified atom stereocenters. The van der Waals surface area contributed by atoms with E-state index in [1.807, 2.05) is 25.1 Å². The summed E-state index contributed by atoms with van der Waals surface area (Å²) in [5, 5.41) is 5.76. The molecule has 0 saturated heterocycles. The molecule has 0 radical (unpaired) electrons. The van der Waals surface area contributed by atoms with E-state index in [9.17, 15) is 14.0 Å². The molecule has 3 aromatic rings. The lowest BCUT2D eigenvalue weighted by molar-refractivity contribution is -0.115. The number of hydrogen-bond donors (Lipinski definition) is 2. The van der Waals surface area contributed by atoms with Crippen molar-refractivity contribution >= 4 is 17.4 Å². The van der Waals surface area contributed by atoms with E-state index in [2.05, 4.69) is 20.6 Å². The first-order chi connectivity index (χ1) is 13.9. The van der Waals surface area contributed by atoms with E-state index in [0.717, 1.165) is 22.4 Å². The van der Waals surface area contributed by atoms with Gasteiger partial charge in [-0.25, -0.2) is 4.98 Å². The van der Waals surface area contributed by atoms with Crippen molar-refractivity contribution in [2.45, 2.75) is 20.4 Å². The molecule has 1 aromatic carbocycles. The zero-order chi connectivity index (χ0) is 20.8. The molecule has 3 rings (SSSR count). The number of aromatic nitrogens is 2. The lowest BCUT2D eigenvalue weighted by Gasteiger charge is -2.12. The minimum atomic E-state index is -0.628. The molecular formula is C22H21FN4O2. The Morgan fingerprint density at radius 1 is 1.10 bits per heavy atom. The molecule has 29 heavy (non-hydrogen) atoms. The fourth-order valence-electron chi connectivity index (χ4n) is 2.81. The third kappa shape index (κ3) is 5.22. The van der Waals surface area contributed by atoms with Gasteiger partial charge in [-0.15, -0.1) is 0 Å². The largest absolute Gasteiger partial charge is 0.378 e. The molecule has 0 aliphatic heterocycles. The average molecular weight is 392 g/mol. The summed E-state index contributed by atoms with van der Waals surface area (Å²) in [4.78, 5) is 31.0. The summed E-state index contributed by atoms with van der Waals surface area (Å²) < 4.78 is 14.1. The van der Waals surface area contributed by atoms with E-state index in [4.69, 9.17) is 0 Å². The SMILES string of the molecule is CC(=O)CNc1ccc(-c2cnc(F)c(CNC(=O)c3cccnc3)c2)cc1C. The van der Waals surface area contributed by atoms with Gasteiger partial charge in [0.15, 0.2) is 0 Å². The maximum absolute atomic E-state index is 14.1. The molecule has 0 fully saturated rings. The summed E-state index contributed by atoms with van der Waals surface area (Å²) in [5.74, 6) is -0.912. The number of amides is 1. The van der Waals surface area contributed by atoms with E-state index in [1.54, 1.807) is 24.4 Å². The van der Waals surface area contributed by atoms with Gasteiger partial charge in [0.1, 0.15) is 5.78 Å². The minimum absolute atomic E-state index is 0.0115. The number of pyridine rings is 2. The minimum Gasteiger partial charge on any atom is -0.378 e. The van der Waals surface area contributed by atoms with Crippen molar-refractivity contribution in [3.05, 3.63) is 77.6 Å². The van der Waals surface area contributed by atoms with Crippen LogP contribution >= 0.6 is 0 Å². The number of anilines is 1. The summed E-state index contributed by atoms with van der Waals surface area (Å²) in [6.45, 7) is 3.73. The highest BCUT2D eigenvalue weighted by Crippen LogP contribution is 2.25. The third-order valence-corrected chi connectivity index (χ3v) is 4.36. The average Bonchev–Trinajstić information content (AvgIpc) is 2.72. The molecule has 0 atom stereocenters. The predicted molar refractivity (Wildman–Crippen MR) is 109 cm³/mol. The number of halogens is 1. The number of carbonyl (C=O) groups excluding carboxylic acids is 2. The van der Waals surface area contributed by atoms with Crippen molar-refractivity contribution in [2.75, 3.05) is 11.9 Å². The van der Waals surface area contributed by atoms with Gasteiger partial charge in [0.2, 0.25) is 5.95 Å². The van der Waals surface area contributed by atoms with E-state index in [1.165, 1.54) is 19.3 Å². The number of carbonyl (C=O) groups is 2. The van der Waals surface area contributed by atoms with Crippen LogP contribution in [0.1, 0.15) is 28.4 Å². The summed E-state index contributed by atoms with van der Waals surface area (Å²) in [5.41, 5.74) is 4.11. The van der Waals surface area contributed by atoms with Crippen LogP contribution in [0.25, 0.3) is 11.1 Å². The number of hydrogen-bond acceptors (Lipinski definition) is 5. The predicted octanol–water partition coefficient (Wildman–Crippen LogP) is 3.52. The third-order valence-electron chi connectivity index (χ3n) is 4.36. The number of nitrogens with zero attached hydrogens (tertiary/aromatic N) is 2. The first kappa shape index (κ1) is 20.1. The quantitative estimate of drug-likeness (QED) is 0.601. The standard InChI is InChI=1S/C22H21FN4O2/c1-14-8-16(5-6-20(14)25-10-15(2)28)18-9-19(21(23)26-12-18)13-27-22(29)17-4-3-7-24-11-17/h3-9,11-12,25H,10,13H2,1-2H3,(H,27,29). The Morgan fingerprint density at radius 2 is 1.93 bits per heavy atom. The summed E-state index contributed by atoms with van der Waals surface area (Å²) >= 11 is 0. The molecule has 0 bridgehead atoms. The molecule has 2 heterocycles. The number of Topliss-reactive ketones (excluding diaryl/α,β-unsaturated/α-hetero) is 1. The second-order valence-corrected chi connectivity index (χ2v) is 6.68. The number of nitrogens with one attached hydrogen (secondary N) is 2. The molecular weight excluding hydrogens is 371 g/mol. The second kappa shape index (κ2) is 9.05. The van der Waals surface area contributed by atoms with Crippen LogP contribution in [0.15, 0.2) is 55.0 Å². The molecule has 1 amide bonds. The highest BCUT2D eigenvalue weighted by molar-refractivity contribution is 5.93. The smallest absolute Gasteiger partial charge is 0.253 e. The molecule has 6 nitrogen and oxygen atoms in total. The van der Waals surface area contributed by atoms with Crippen LogP contribution in [0.4, 0.5) is 10.1 Å². The van der Waals surface area contributed by atoms with E-state index in [-0.39, 0.29) is 30.3 Å². The van der Waals surface area contributed by atoms with Gasteiger partial charge in [-0.3, -0.25) is 14.6 Å². The first-order valence-corrected chi connectivity index (χ1v) is 9.11. The number of benzene rings is 1. The van der Waals surface area contributed by atoms with Gasteiger partial charge >= 0.3 is 0 Å². The van der Waals surface area contributed by atoms with Crippen LogP contribution in [0.5, 0.6) is 0 Å². The summed E-state index contributed by atoms with van der Waals surface area (Å²) in [7, 11) is 0. The fraction of sp³-hybridized carbons (Fsp3) is 0.182. The van der Waals surface area contributed by atoms with Gasteiger partial charge in [0, 0.05) is 41.9 Å². The molecule has 7 heteroatoms. The van der Waals surface area contributed by atoms with Crippen molar-refractivity contribution in [1.82, 2.24) is 15.3 Å². The van der Waals surface area contributed by atoms with Gasteiger partial charge < -0.3 is 10.6 Å². The summed E-state index contributed by atoms with van der Waals surface area (Å²) in [6.07, 6.45) is 4.48. The monoisotopic (exact) mass is 392 g/mol. The van der Waals surface area contributed by atoms with Crippen molar-refractivity contribution in [3.63, 3.8) is 0 Å². The normalized spacial score (nSPS) is 10.4. The number of rotatable bonds is 7. The van der Waals surface area contributed by atoms with Crippen molar-refractivity contribution < 1.29 is 14.0 Å². The Balaban J connectivity index is 1.75. The molecule has 0 aliphatic rings. The molecule has 0 spiro atoms. The lowest BCUT2D eigenvalue weighted by atomic mass is 10.0. The topological polar surface area (TPSA) is 84.0 Å². The van der Waals surface area contributed by atoms with Crippen molar-refractivity contribution in [1.29, 1.82) is 0 Å². The van der Waals surface area contributed by atoms with Crippen molar-refractivity contribution in [2.24, 2.45) is 0 Å².